The van der Waals surface area contributed by atoms with E-state index in [-0.39, 0.29) is 12.4 Å². The van der Waals surface area contributed by atoms with Gasteiger partial charge in [-0.2, -0.15) is 0 Å². The van der Waals surface area contributed by atoms with Crippen LogP contribution in [-0.4, -0.2) is 27.2 Å². The Bertz CT molecular complexity index is 1110. The van der Waals surface area contributed by atoms with Crippen LogP contribution in [0.3, 0.4) is 0 Å². The number of carbonyl (C=O) groups is 1. The molecule has 4 rings (SSSR count). The zero-order chi connectivity index (χ0) is 20.9. The molecule has 2 heterocycles. The molecular weight excluding hydrogens is 378 g/mol. The monoisotopic (exact) mass is 401 g/mol. The maximum atomic E-state index is 12.8. The molecule has 0 unspecified atom stereocenters. The average Bonchev–Trinajstić information content (AvgIpc) is 3.40. The van der Waals surface area contributed by atoms with Gasteiger partial charge in [0.25, 0.3) is 0 Å². The smallest absolute Gasteiger partial charge is 0.247 e. The first-order valence-corrected chi connectivity index (χ1v) is 9.85. The molecule has 0 atom stereocenters. The summed E-state index contributed by atoms with van der Waals surface area (Å²) in [6.07, 6.45) is 2.21. The standard InChI is InChI=1S/C24H23N3O3/c1-17-14-22(18(2)27(17)13-12-19-6-4-3-5-7-19)23(28)15-29-21-10-8-20(9-11-21)24-26-25-16-30-24/h3-11,14,16H,12-13,15H2,1-2H3. The molecular formula is C24H23N3O3. The van der Waals surface area contributed by atoms with E-state index in [9.17, 15) is 4.79 Å². The molecule has 2 aromatic carbocycles. The fraction of sp³-hybridized carbons (Fsp3) is 0.208. The first kappa shape index (κ1) is 19.6. The molecule has 0 saturated carbocycles. The topological polar surface area (TPSA) is 70.2 Å². The number of ketones is 1. The Morgan fingerprint density at radius 2 is 1.83 bits per heavy atom. The van der Waals surface area contributed by atoms with Crippen LogP contribution in [0.4, 0.5) is 0 Å². The Labute approximate surface area is 175 Å². The summed E-state index contributed by atoms with van der Waals surface area (Å²) in [6, 6.07) is 19.5. The molecule has 0 saturated heterocycles. The lowest BCUT2D eigenvalue weighted by Gasteiger charge is -2.10. The highest BCUT2D eigenvalue weighted by Gasteiger charge is 2.16. The quantitative estimate of drug-likeness (QED) is 0.402. The van der Waals surface area contributed by atoms with E-state index < -0.39 is 0 Å². The molecule has 2 aromatic heterocycles. The summed E-state index contributed by atoms with van der Waals surface area (Å²) in [7, 11) is 0. The fourth-order valence-corrected chi connectivity index (χ4v) is 3.53. The highest BCUT2D eigenvalue weighted by molar-refractivity contribution is 5.98. The average molecular weight is 401 g/mol. The molecule has 152 valence electrons. The van der Waals surface area contributed by atoms with Gasteiger partial charge >= 0.3 is 0 Å². The van der Waals surface area contributed by atoms with Crippen molar-refractivity contribution in [2.45, 2.75) is 26.8 Å². The molecule has 0 aliphatic heterocycles. The molecule has 0 radical (unpaired) electrons. The van der Waals surface area contributed by atoms with E-state index in [0.717, 1.165) is 29.9 Å². The molecule has 0 aliphatic carbocycles. The van der Waals surface area contributed by atoms with Gasteiger partial charge in [0, 0.05) is 29.1 Å². The van der Waals surface area contributed by atoms with Crippen molar-refractivity contribution < 1.29 is 13.9 Å². The van der Waals surface area contributed by atoms with Crippen LogP contribution in [0, 0.1) is 13.8 Å². The molecule has 0 N–H and O–H groups in total. The van der Waals surface area contributed by atoms with Crippen molar-refractivity contribution in [1.82, 2.24) is 14.8 Å². The van der Waals surface area contributed by atoms with E-state index in [0.29, 0.717) is 17.2 Å². The largest absolute Gasteiger partial charge is 0.485 e. The van der Waals surface area contributed by atoms with Crippen LogP contribution >= 0.6 is 0 Å². The maximum absolute atomic E-state index is 12.8. The number of hydrogen-bond acceptors (Lipinski definition) is 5. The Kier molecular flexibility index (Phi) is 5.75. The van der Waals surface area contributed by atoms with Crippen molar-refractivity contribution in [3.05, 3.63) is 89.6 Å². The summed E-state index contributed by atoms with van der Waals surface area (Å²) in [5.41, 5.74) is 4.85. The van der Waals surface area contributed by atoms with Crippen molar-refractivity contribution in [2.75, 3.05) is 6.61 Å². The summed E-state index contributed by atoms with van der Waals surface area (Å²) in [5, 5.41) is 7.54. The minimum atomic E-state index is -0.0324. The Morgan fingerprint density at radius 1 is 1.07 bits per heavy atom. The number of aromatic nitrogens is 3. The zero-order valence-corrected chi connectivity index (χ0v) is 17.0. The third kappa shape index (κ3) is 4.33. The SMILES string of the molecule is Cc1cc(C(=O)COc2ccc(-c3nnco3)cc2)c(C)n1CCc1ccccc1. The van der Waals surface area contributed by atoms with Crippen molar-refractivity contribution >= 4 is 5.78 Å². The van der Waals surface area contributed by atoms with Crippen LogP contribution in [0.5, 0.6) is 5.75 Å². The van der Waals surface area contributed by atoms with Gasteiger partial charge < -0.3 is 13.7 Å². The first-order valence-electron chi connectivity index (χ1n) is 9.85. The van der Waals surface area contributed by atoms with E-state index in [4.69, 9.17) is 9.15 Å². The zero-order valence-electron chi connectivity index (χ0n) is 17.0. The van der Waals surface area contributed by atoms with Crippen LogP contribution in [-0.2, 0) is 13.0 Å². The number of rotatable bonds is 8. The number of benzene rings is 2. The van der Waals surface area contributed by atoms with Crippen LogP contribution in [0.15, 0.2) is 71.5 Å². The summed E-state index contributed by atoms with van der Waals surface area (Å²) in [4.78, 5) is 12.8. The van der Waals surface area contributed by atoms with Gasteiger partial charge in [0.2, 0.25) is 18.1 Å². The molecule has 30 heavy (non-hydrogen) atoms. The molecule has 0 amide bonds. The fourth-order valence-electron chi connectivity index (χ4n) is 3.53. The van der Waals surface area contributed by atoms with Crippen molar-refractivity contribution in [3.8, 4) is 17.2 Å². The van der Waals surface area contributed by atoms with Crippen molar-refractivity contribution in [1.29, 1.82) is 0 Å². The maximum Gasteiger partial charge on any atom is 0.247 e. The minimum absolute atomic E-state index is 0.0110. The first-order chi connectivity index (χ1) is 14.6. The molecule has 4 aromatic rings. The highest BCUT2D eigenvalue weighted by Crippen LogP contribution is 2.21. The highest BCUT2D eigenvalue weighted by atomic mass is 16.5. The normalized spacial score (nSPS) is 10.9. The lowest BCUT2D eigenvalue weighted by molar-refractivity contribution is 0.0921. The third-order valence-electron chi connectivity index (χ3n) is 5.17. The number of carbonyl (C=O) groups excluding carboxylic acids is 1. The number of ether oxygens (including phenoxy) is 1. The van der Waals surface area contributed by atoms with E-state index in [1.807, 2.05) is 50.2 Å². The van der Waals surface area contributed by atoms with Crippen LogP contribution < -0.4 is 4.74 Å². The van der Waals surface area contributed by atoms with E-state index >= 15 is 0 Å². The van der Waals surface area contributed by atoms with E-state index in [1.165, 1.54) is 12.0 Å². The lowest BCUT2D eigenvalue weighted by Crippen LogP contribution is -2.13. The Morgan fingerprint density at radius 3 is 2.53 bits per heavy atom. The van der Waals surface area contributed by atoms with Gasteiger partial charge in [-0.15, -0.1) is 10.2 Å². The summed E-state index contributed by atoms with van der Waals surface area (Å²) in [5.74, 6) is 1.03. The number of hydrogen-bond donors (Lipinski definition) is 0. The van der Waals surface area contributed by atoms with Gasteiger partial charge in [-0.25, -0.2) is 0 Å². The molecule has 0 aliphatic rings. The summed E-state index contributed by atoms with van der Waals surface area (Å²) < 4.78 is 13.1. The molecule has 0 bridgehead atoms. The second-order valence-corrected chi connectivity index (χ2v) is 7.15. The van der Waals surface area contributed by atoms with Gasteiger partial charge in [-0.05, 0) is 56.2 Å². The second-order valence-electron chi connectivity index (χ2n) is 7.15. The van der Waals surface area contributed by atoms with Gasteiger partial charge in [0.05, 0.1) is 0 Å². The minimum Gasteiger partial charge on any atom is -0.485 e. The number of aryl methyl sites for hydroxylation is 2. The predicted octanol–water partition coefficient (Wildman–Crippen LogP) is 4.66. The van der Waals surface area contributed by atoms with Gasteiger partial charge in [-0.1, -0.05) is 30.3 Å². The van der Waals surface area contributed by atoms with E-state index in [1.54, 1.807) is 12.1 Å². The molecule has 6 nitrogen and oxygen atoms in total. The van der Waals surface area contributed by atoms with Crippen molar-refractivity contribution in [2.24, 2.45) is 0 Å². The number of Topliss-reactive ketones (excluding diaryl/α,β-unsaturated/α-hetero) is 1. The Balaban J connectivity index is 1.38. The van der Waals surface area contributed by atoms with Gasteiger partial charge in [0.1, 0.15) is 5.75 Å². The Hall–Kier alpha value is -3.67. The lowest BCUT2D eigenvalue weighted by atomic mass is 10.1. The molecule has 6 heteroatoms. The predicted molar refractivity (Wildman–Crippen MR) is 114 cm³/mol. The van der Waals surface area contributed by atoms with Crippen LogP contribution in [0.25, 0.3) is 11.5 Å². The second kappa shape index (κ2) is 8.78. The summed E-state index contributed by atoms with van der Waals surface area (Å²) in [6.45, 7) is 4.85. The van der Waals surface area contributed by atoms with Gasteiger partial charge in [0.15, 0.2) is 6.61 Å². The molecule has 0 spiro atoms. The third-order valence-corrected chi connectivity index (χ3v) is 5.17. The van der Waals surface area contributed by atoms with E-state index in [2.05, 4.69) is 26.9 Å². The van der Waals surface area contributed by atoms with Gasteiger partial charge in [-0.3, -0.25) is 4.79 Å². The van der Waals surface area contributed by atoms with Crippen LogP contribution in [0.2, 0.25) is 0 Å². The molecule has 0 fully saturated rings. The van der Waals surface area contributed by atoms with Crippen LogP contribution in [0.1, 0.15) is 27.3 Å². The summed E-state index contributed by atoms with van der Waals surface area (Å²) >= 11 is 0. The van der Waals surface area contributed by atoms with Crippen molar-refractivity contribution in [3.63, 3.8) is 0 Å². The number of nitrogens with zero attached hydrogens (tertiary/aromatic N) is 3.